The lowest BCUT2D eigenvalue weighted by atomic mass is 10.1. The molecule has 0 aliphatic carbocycles. The minimum Gasteiger partial charge on any atom is -0.303 e. The van der Waals surface area contributed by atoms with Gasteiger partial charge in [-0.2, -0.15) is 0 Å². The van der Waals surface area contributed by atoms with E-state index in [1.165, 1.54) is 0 Å². The van der Waals surface area contributed by atoms with Gasteiger partial charge in [0.05, 0.1) is 15.3 Å². The maximum absolute atomic E-state index is 6.32. The fourth-order valence-electron chi connectivity index (χ4n) is 2.44. The van der Waals surface area contributed by atoms with Gasteiger partial charge in [-0.1, -0.05) is 25.4 Å². The standard InChI is InChI=1S/C14H22ClIN4/c1-9(2)7-10-12(16)13(15)18-14(17-10)11-8-19(3)5-6-20(11)4/h9,11H,5-8H2,1-4H3. The van der Waals surface area contributed by atoms with Crippen LogP contribution in [0.15, 0.2) is 0 Å². The van der Waals surface area contributed by atoms with Crippen molar-refractivity contribution in [3.63, 3.8) is 0 Å². The second kappa shape index (κ2) is 6.85. The zero-order chi connectivity index (χ0) is 14.9. The maximum atomic E-state index is 6.32. The monoisotopic (exact) mass is 408 g/mol. The molecule has 1 atom stereocenters. The molecule has 1 unspecified atom stereocenters. The zero-order valence-corrected chi connectivity index (χ0v) is 15.4. The largest absolute Gasteiger partial charge is 0.303 e. The predicted octanol–water partition coefficient (Wildman–Crippen LogP) is 2.85. The summed E-state index contributed by atoms with van der Waals surface area (Å²) in [6.45, 7) is 7.48. The summed E-state index contributed by atoms with van der Waals surface area (Å²) in [5.41, 5.74) is 1.08. The molecule has 0 radical (unpaired) electrons. The van der Waals surface area contributed by atoms with Crippen LogP contribution < -0.4 is 0 Å². The average molecular weight is 409 g/mol. The first-order valence-corrected chi connectivity index (χ1v) is 8.44. The Labute approximate surface area is 140 Å². The highest BCUT2D eigenvalue weighted by atomic mass is 127. The van der Waals surface area contributed by atoms with Gasteiger partial charge in [0.25, 0.3) is 0 Å². The number of halogens is 2. The molecule has 1 aromatic heterocycles. The highest BCUT2D eigenvalue weighted by Gasteiger charge is 2.27. The third-order valence-electron chi connectivity index (χ3n) is 3.65. The van der Waals surface area contributed by atoms with Gasteiger partial charge in [0.2, 0.25) is 0 Å². The average Bonchev–Trinajstić information content (AvgIpc) is 2.37. The number of hydrogen-bond acceptors (Lipinski definition) is 4. The number of hydrogen-bond donors (Lipinski definition) is 0. The van der Waals surface area contributed by atoms with Gasteiger partial charge < -0.3 is 4.90 Å². The van der Waals surface area contributed by atoms with Gasteiger partial charge in [-0.25, -0.2) is 9.97 Å². The lowest BCUT2D eigenvalue weighted by Gasteiger charge is -2.36. The van der Waals surface area contributed by atoms with Crippen LogP contribution in [0, 0.1) is 9.49 Å². The summed E-state index contributed by atoms with van der Waals surface area (Å²) < 4.78 is 0.994. The molecule has 1 saturated heterocycles. The van der Waals surface area contributed by atoms with Gasteiger partial charge in [-0.15, -0.1) is 0 Å². The first-order chi connectivity index (χ1) is 9.38. The smallest absolute Gasteiger partial charge is 0.148 e. The van der Waals surface area contributed by atoms with E-state index in [0.29, 0.717) is 11.1 Å². The number of likely N-dealkylation sites (N-methyl/N-ethyl adjacent to an activating group) is 2. The summed E-state index contributed by atoms with van der Waals surface area (Å²) in [6.07, 6.45) is 0.944. The normalized spacial score (nSPS) is 21.6. The Kier molecular flexibility index (Phi) is 5.62. The topological polar surface area (TPSA) is 32.3 Å². The van der Waals surface area contributed by atoms with Gasteiger partial charge in [-0.05, 0) is 49.0 Å². The second-order valence-corrected chi connectivity index (χ2v) is 7.43. The Hall–Kier alpha value is 0.0200. The quantitative estimate of drug-likeness (QED) is 0.569. The van der Waals surface area contributed by atoms with Gasteiger partial charge >= 0.3 is 0 Å². The van der Waals surface area contributed by atoms with E-state index in [1.54, 1.807) is 0 Å². The van der Waals surface area contributed by atoms with Crippen LogP contribution >= 0.6 is 34.2 Å². The van der Waals surface area contributed by atoms with Crippen LogP contribution in [-0.2, 0) is 6.42 Å². The van der Waals surface area contributed by atoms with Crippen molar-refractivity contribution in [2.45, 2.75) is 26.3 Å². The van der Waals surface area contributed by atoms with Crippen LogP contribution in [0.25, 0.3) is 0 Å². The number of nitrogens with zero attached hydrogens (tertiary/aromatic N) is 4. The lowest BCUT2D eigenvalue weighted by Crippen LogP contribution is -2.45. The molecule has 2 heterocycles. The fourth-order valence-corrected chi connectivity index (χ4v) is 3.10. The third kappa shape index (κ3) is 3.81. The van der Waals surface area contributed by atoms with E-state index in [9.17, 15) is 0 Å². The lowest BCUT2D eigenvalue weighted by molar-refractivity contribution is 0.109. The molecule has 112 valence electrons. The molecule has 4 nitrogen and oxygen atoms in total. The summed E-state index contributed by atoms with van der Waals surface area (Å²) in [4.78, 5) is 14.0. The summed E-state index contributed by atoms with van der Waals surface area (Å²) in [5.74, 6) is 1.43. The highest BCUT2D eigenvalue weighted by Crippen LogP contribution is 2.26. The van der Waals surface area contributed by atoms with E-state index < -0.39 is 0 Å². The molecule has 0 spiro atoms. The molecule has 1 aromatic rings. The van der Waals surface area contributed by atoms with E-state index in [0.717, 1.165) is 41.1 Å². The van der Waals surface area contributed by atoms with Crippen LogP contribution in [0.2, 0.25) is 5.15 Å². The molecule has 0 saturated carbocycles. The molecule has 1 fully saturated rings. The first kappa shape index (κ1) is 16.4. The minimum atomic E-state index is 0.231. The van der Waals surface area contributed by atoms with Crippen LogP contribution in [0.4, 0.5) is 0 Å². The van der Waals surface area contributed by atoms with Crippen LogP contribution in [-0.4, -0.2) is 53.5 Å². The van der Waals surface area contributed by atoms with Crippen LogP contribution in [0.5, 0.6) is 0 Å². The van der Waals surface area contributed by atoms with Crippen molar-refractivity contribution in [1.29, 1.82) is 0 Å². The minimum absolute atomic E-state index is 0.231. The molecule has 0 aromatic carbocycles. The van der Waals surface area contributed by atoms with E-state index in [-0.39, 0.29) is 6.04 Å². The summed E-state index contributed by atoms with van der Waals surface area (Å²) in [5, 5.41) is 0.591. The molecule has 0 N–H and O–H groups in total. The molecule has 20 heavy (non-hydrogen) atoms. The highest BCUT2D eigenvalue weighted by molar-refractivity contribution is 14.1. The number of rotatable bonds is 3. The summed E-state index contributed by atoms with van der Waals surface area (Å²) in [6, 6.07) is 0.231. The SMILES string of the molecule is CC(C)Cc1nc(C2CN(C)CCN2C)nc(Cl)c1I. The van der Waals surface area contributed by atoms with Crippen LogP contribution in [0.3, 0.4) is 0 Å². The molecule has 2 rings (SSSR count). The van der Waals surface area contributed by atoms with Crippen molar-refractivity contribution < 1.29 is 0 Å². The summed E-state index contributed by atoms with van der Waals surface area (Å²) in [7, 11) is 4.28. The summed E-state index contributed by atoms with van der Waals surface area (Å²) >= 11 is 8.57. The maximum Gasteiger partial charge on any atom is 0.148 e. The van der Waals surface area contributed by atoms with Crippen molar-refractivity contribution >= 4 is 34.2 Å². The van der Waals surface area contributed by atoms with Crippen molar-refractivity contribution in [2.75, 3.05) is 33.7 Å². The Morgan fingerprint density at radius 2 is 2.00 bits per heavy atom. The van der Waals surface area contributed by atoms with E-state index in [4.69, 9.17) is 16.6 Å². The van der Waals surface area contributed by atoms with Gasteiger partial charge in [0.15, 0.2) is 0 Å². The number of piperazine rings is 1. The van der Waals surface area contributed by atoms with Gasteiger partial charge in [0.1, 0.15) is 11.0 Å². The van der Waals surface area contributed by atoms with Gasteiger partial charge in [0, 0.05) is 19.6 Å². The molecule has 6 heteroatoms. The van der Waals surface area contributed by atoms with Gasteiger partial charge in [-0.3, -0.25) is 4.90 Å². The molecular formula is C14H22ClIN4. The van der Waals surface area contributed by atoms with Crippen molar-refractivity contribution in [3.05, 3.63) is 20.2 Å². The third-order valence-corrected chi connectivity index (χ3v) is 5.37. The predicted molar refractivity (Wildman–Crippen MR) is 91.2 cm³/mol. The Morgan fingerprint density at radius 1 is 1.30 bits per heavy atom. The zero-order valence-electron chi connectivity index (χ0n) is 12.5. The second-order valence-electron chi connectivity index (χ2n) is 5.99. The molecule has 1 aliphatic rings. The van der Waals surface area contributed by atoms with E-state index in [1.807, 2.05) is 0 Å². The molecular weight excluding hydrogens is 387 g/mol. The first-order valence-electron chi connectivity index (χ1n) is 6.99. The van der Waals surface area contributed by atoms with Crippen LogP contribution in [0.1, 0.15) is 31.4 Å². The van der Waals surface area contributed by atoms with Crippen molar-refractivity contribution in [2.24, 2.45) is 5.92 Å². The Balaban J connectivity index is 2.33. The van der Waals surface area contributed by atoms with Crippen molar-refractivity contribution in [3.8, 4) is 0 Å². The van der Waals surface area contributed by atoms with E-state index in [2.05, 4.69) is 65.3 Å². The molecule has 0 bridgehead atoms. The Bertz CT molecular complexity index is 480. The fraction of sp³-hybridized carbons (Fsp3) is 0.714. The van der Waals surface area contributed by atoms with E-state index >= 15 is 0 Å². The van der Waals surface area contributed by atoms with Crippen molar-refractivity contribution in [1.82, 2.24) is 19.8 Å². The molecule has 0 amide bonds. The number of aromatic nitrogens is 2. The Morgan fingerprint density at radius 3 is 2.65 bits per heavy atom. The molecule has 1 aliphatic heterocycles.